The minimum Gasteiger partial charge on any atom is -0.301 e. The smallest absolute Gasteiger partial charge is 0.213 e. The maximum atomic E-state index is 11.9. The van der Waals surface area contributed by atoms with Crippen molar-refractivity contribution in [1.29, 1.82) is 0 Å². The molecule has 0 fully saturated rings. The molecule has 132 valence electrons. The molecule has 0 aliphatic carbocycles. The SMILES string of the molecule is CC(C)S(=O)(=O)NC[C@H](C)c1ccc(-n2ccc3cccnc32)cc1. The highest BCUT2D eigenvalue weighted by molar-refractivity contribution is 7.90. The van der Waals surface area contributed by atoms with Crippen molar-refractivity contribution in [3.8, 4) is 5.69 Å². The summed E-state index contributed by atoms with van der Waals surface area (Å²) in [5.74, 6) is 0.0992. The molecular formula is C19H23N3O2S. The fraction of sp³-hybridized carbons (Fsp3) is 0.316. The predicted molar refractivity (Wildman–Crippen MR) is 102 cm³/mol. The molecule has 0 saturated carbocycles. The van der Waals surface area contributed by atoms with E-state index in [1.54, 1.807) is 20.0 Å². The van der Waals surface area contributed by atoms with Gasteiger partial charge in [0.1, 0.15) is 5.65 Å². The van der Waals surface area contributed by atoms with Gasteiger partial charge in [0, 0.05) is 30.0 Å². The van der Waals surface area contributed by atoms with E-state index in [-0.39, 0.29) is 5.92 Å². The summed E-state index contributed by atoms with van der Waals surface area (Å²) in [6.45, 7) is 5.77. The van der Waals surface area contributed by atoms with Crippen LogP contribution in [0.15, 0.2) is 54.9 Å². The number of nitrogens with one attached hydrogen (secondary N) is 1. The van der Waals surface area contributed by atoms with Gasteiger partial charge in [-0.1, -0.05) is 19.1 Å². The summed E-state index contributed by atoms with van der Waals surface area (Å²) in [6.07, 6.45) is 3.79. The Morgan fingerprint density at radius 1 is 1.08 bits per heavy atom. The molecule has 0 aliphatic heterocycles. The predicted octanol–water partition coefficient (Wildman–Crippen LogP) is 3.46. The van der Waals surface area contributed by atoms with Gasteiger partial charge in [0.2, 0.25) is 10.0 Å². The second-order valence-corrected chi connectivity index (χ2v) is 8.86. The van der Waals surface area contributed by atoms with E-state index in [1.165, 1.54) is 0 Å². The average molecular weight is 357 g/mol. The van der Waals surface area contributed by atoms with Crippen LogP contribution in [-0.4, -0.2) is 29.8 Å². The zero-order valence-electron chi connectivity index (χ0n) is 14.7. The number of hydrogen-bond acceptors (Lipinski definition) is 3. The Kier molecular flexibility index (Phi) is 4.92. The fourth-order valence-corrected chi connectivity index (χ4v) is 3.48. The quantitative estimate of drug-likeness (QED) is 0.735. The molecule has 1 atom stereocenters. The molecule has 3 rings (SSSR count). The highest BCUT2D eigenvalue weighted by atomic mass is 32.2. The Morgan fingerprint density at radius 3 is 2.48 bits per heavy atom. The van der Waals surface area contributed by atoms with Crippen LogP contribution < -0.4 is 4.72 Å². The van der Waals surface area contributed by atoms with E-state index in [9.17, 15) is 8.42 Å². The van der Waals surface area contributed by atoms with Gasteiger partial charge in [-0.15, -0.1) is 0 Å². The number of hydrogen-bond donors (Lipinski definition) is 1. The second kappa shape index (κ2) is 6.98. The average Bonchev–Trinajstić information content (AvgIpc) is 3.04. The van der Waals surface area contributed by atoms with Crippen molar-refractivity contribution in [3.05, 3.63) is 60.4 Å². The van der Waals surface area contributed by atoms with E-state index in [2.05, 4.69) is 9.71 Å². The van der Waals surface area contributed by atoms with Crippen molar-refractivity contribution in [3.63, 3.8) is 0 Å². The topological polar surface area (TPSA) is 64.0 Å². The van der Waals surface area contributed by atoms with Crippen LogP contribution in [0.3, 0.4) is 0 Å². The second-order valence-electron chi connectivity index (χ2n) is 6.54. The van der Waals surface area contributed by atoms with Crippen LogP contribution in [0.25, 0.3) is 16.7 Å². The number of fused-ring (bicyclic) bond motifs is 1. The molecule has 0 aliphatic rings. The Hall–Kier alpha value is -2.18. The normalized spacial score (nSPS) is 13.4. The number of sulfonamides is 1. The lowest BCUT2D eigenvalue weighted by Crippen LogP contribution is -2.33. The number of rotatable bonds is 6. The van der Waals surface area contributed by atoms with Gasteiger partial charge >= 0.3 is 0 Å². The van der Waals surface area contributed by atoms with Crippen LogP contribution in [0.5, 0.6) is 0 Å². The molecule has 3 aromatic rings. The molecule has 0 bridgehead atoms. The minimum atomic E-state index is -3.23. The largest absolute Gasteiger partial charge is 0.301 e. The molecule has 0 unspecified atom stereocenters. The first kappa shape index (κ1) is 17.6. The van der Waals surface area contributed by atoms with E-state index in [1.807, 2.05) is 60.2 Å². The van der Waals surface area contributed by atoms with E-state index in [0.717, 1.165) is 22.3 Å². The third-order valence-electron chi connectivity index (χ3n) is 4.40. The molecule has 1 N–H and O–H groups in total. The number of pyridine rings is 1. The first-order valence-corrected chi connectivity index (χ1v) is 9.94. The third kappa shape index (κ3) is 3.75. The highest BCUT2D eigenvalue weighted by Crippen LogP contribution is 2.21. The Balaban J connectivity index is 1.76. The molecule has 0 radical (unpaired) electrons. The summed E-state index contributed by atoms with van der Waals surface area (Å²) in [5, 5.41) is 0.680. The van der Waals surface area contributed by atoms with E-state index in [4.69, 9.17) is 0 Å². The number of aromatic nitrogens is 2. The standard InChI is InChI=1S/C19H23N3O2S/c1-14(2)25(23,24)21-13-15(3)16-6-8-18(9-7-16)22-12-10-17-5-4-11-20-19(17)22/h4-12,14-15,21H,13H2,1-3H3/t15-/m0/s1. The van der Waals surface area contributed by atoms with Crippen LogP contribution >= 0.6 is 0 Å². The van der Waals surface area contributed by atoms with E-state index < -0.39 is 15.3 Å². The van der Waals surface area contributed by atoms with Crippen molar-refractivity contribution in [2.45, 2.75) is 31.9 Å². The first-order chi connectivity index (χ1) is 11.9. The summed E-state index contributed by atoms with van der Waals surface area (Å²) in [6, 6.07) is 14.2. The molecule has 1 aromatic carbocycles. The minimum absolute atomic E-state index is 0.0992. The van der Waals surface area contributed by atoms with Crippen molar-refractivity contribution < 1.29 is 8.42 Å². The van der Waals surface area contributed by atoms with Crippen molar-refractivity contribution in [2.24, 2.45) is 0 Å². The lowest BCUT2D eigenvalue weighted by atomic mass is 10.0. The van der Waals surface area contributed by atoms with Gasteiger partial charge in [0.05, 0.1) is 5.25 Å². The van der Waals surface area contributed by atoms with Crippen LogP contribution in [0, 0.1) is 0 Å². The Labute approximate surface area is 148 Å². The molecule has 0 amide bonds. The molecular weight excluding hydrogens is 334 g/mol. The van der Waals surface area contributed by atoms with Gasteiger partial charge in [-0.05, 0) is 55.7 Å². The molecule has 2 heterocycles. The lowest BCUT2D eigenvalue weighted by Gasteiger charge is -2.15. The number of nitrogens with zero attached hydrogens (tertiary/aromatic N) is 2. The number of benzene rings is 1. The molecule has 25 heavy (non-hydrogen) atoms. The first-order valence-electron chi connectivity index (χ1n) is 8.39. The van der Waals surface area contributed by atoms with Gasteiger partial charge in [0.15, 0.2) is 0 Å². The van der Waals surface area contributed by atoms with Crippen molar-refractivity contribution in [2.75, 3.05) is 6.54 Å². The van der Waals surface area contributed by atoms with Gasteiger partial charge < -0.3 is 4.57 Å². The summed E-state index contributed by atoms with van der Waals surface area (Å²) in [4.78, 5) is 4.43. The van der Waals surface area contributed by atoms with Gasteiger partial charge in [-0.2, -0.15) is 0 Å². The van der Waals surface area contributed by atoms with E-state index >= 15 is 0 Å². The van der Waals surface area contributed by atoms with Crippen LogP contribution in [0.2, 0.25) is 0 Å². The van der Waals surface area contributed by atoms with Crippen molar-refractivity contribution in [1.82, 2.24) is 14.3 Å². The summed E-state index contributed by atoms with van der Waals surface area (Å²) >= 11 is 0. The Bertz CT molecular complexity index is 960. The molecule has 2 aromatic heterocycles. The molecule has 0 saturated heterocycles. The van der Waals surface area contributed by atoms with Crippen molar-refractivity contribution >= 4 is 21.1 Å². The fourth-order valence-electron chi connectivity index (χ4n) is 2.66. The summed E-state index contributed by atoms with van der Waals surface area (Å²) in [7, 11) is -3.23. The van der Waals surface area contributed by atoms with Crippen LogP contribution in [0.4, 0.5) is 0 Å². The molecule has 6 heteroatoms. The van der Waals surface area contributed by atoms with Crippen LogP contribution in [-0.2, 0) is 10.0 Å². The lowest BCUT2D eigenvalue weighted by molar-refractivity contribution is 0.566. The van der Waals surface area contributed by atoms with E-state index in [0.29, 0.717) is 6.54 Å². The highest BCUT2D eigenvalue weighted by Gasteiger charge is 2.17. The maximum absolute atomic E-state index is 11.9. The van der Waals surface area contributed by atoms with Gasteiger partial charge in [0.25, 0.3) is 0 Å². The molecule has 5 nitrogen and oxygen atoms in total. The van der Waals surface area contributed by atoms with Gasteiger partial charge in [-0.25, -0.2) is 18.1 Å². The molecule has 0 spiro atoms. The summed E-state index contributed by atoms with van der Waals surface area (Å²) in [5.41, 5.74) is 3.06. The summed E-state index contributed by atoms with van der Waals surface area (Å²) < 4.78 is 28.5. The zero-order valence-corrected chi connectivity index (χ0v) is 15.5. The van der Waals surface area contributed by atoms with Crippen LogP contribution in [0.1, 0.15) is 32.3 Å². The maximum Gasteiger partial charge on any atom is 0.213 e. The van der Waals surface area contributed by atoms with Gasteiger partial charge in [-0.3, -0.25) is 0 Å². The zero-order chi connectivity index (χ0) is 18.0. The Morgan fingerprint density at radius 2 is 1.80 bits per heavy atom. The third-order valence-corrected chi connectivity index (χ3v) is 6.21. The monoisotopic (exact) mass is 357 g/mol.